The van der Waals surface area contributed by atoms with Gasteiger partial charge in [0.15, 0.2) is 12.6 Å². The Balaban J connectivity index is 2.03. The number of hydrogen-bond donors (Lipinski definition) is 1. The maximum Gasteiger partial charge on any atom is 0.335 e. The molecule has 9 nitrogen and oxygen atoms in total. The summed E-state index contributed by atoms with van der Waals surface area (Å²) < 4.78 is 21.9. The maximum atomic E-state index is 11.4. The van der Waals surface area contributed by atoms with E-state index in [0.29, 0.717) is 26.4 Å². The standard InChI is InChI=1S/C14H15NO8/c16-12(17)8-1-2-9(10(7-8)15(18)19)11(13-20-3-4-21-13)14-22-5-6-23-14/h1-2,7,11,13-14H,3-6H2,(H,16,17). The Hall–Kier alpha value is -2.07. The second kappa shape index (κ2) is 6.59. The van der Waals surface area contributed by atoms with Crippen molar-refractivity contribution in [2.24, 2.45) is 0 Å². The largest absolute Gasteiger partial charge is 0.478 e. The Bertz CT molecular complexity index is 591. The summed E-state index contributed by atoms with van der Waals surface area (Å²) in [5, 5.41) is 20.4. The van der Waals surface area contributed by atoms with Gasteiger partial charge in [-0.15, -0.1) is 0 Å². The Kier molecular flexibility index (Phi) is 4.53. The molecule has 23 heavy (non-hydrogen) atoms. The molecule has 2 aliphatic rings. The van der Waals surface area contributed by atoms with Gasteiger partial charge in [0.25, 0.3) is 5.69 Å². The molecule has 1 N–H and O–H groups in total. The molecule has 1 aromatic carbocycles. The van der Waals surface area contributed by atoms with E-state index in [2.05, 4.69) is 0 Å². The van der Waals surface area contributed by atoms with E-state index < -0.39 is 29.4 Å². The van der Waals surface area contributed by atoms with Crippen LogP contribution in [0.25, 0.3) is 0 Å². The molecule has 2 aliphatic heterocycles. The molecule has 0 atom stereocenters. The fraction of sp³-hybridized carbons (Fsp3) is 0.500. The van der Waals surface area contributed by atoms with Gasteiger partial charge in [-0.3, -0.25) is 10.1 Å². The number of carboxylic acid groups (broad SMARTS) is 1. The van der Waals surface area contributed by atoms with Crippen molar-refractivity contribution < 1.29 is 33.8 Å². The van der Waals surface area contributed by atoms with E-state index in [0.717, 1.165) is 6.07 Å². The predicted octanol–water partition coefficient (Wildman–Crippen LogP) is 1.12. The van der Waals surface area contributed by atoms with Crippen LogP contribution in [0.4, 0.5) is 5.69 Å². The van der Waals surface area contributed by atoms with Crippen molar-refractivity contribution in [1.82, 2.24) is 0 Å². The SMILES string of the molecule is O=C(O)c1ccc(C(C2OCCO2)C2OCCO2)c([N+](=O)[O-])c1. The van der Waals surface area contributed by atoms with Gasteiger partial charge in [-0.05, 0) is 6.07 Å². The van der Waals surface area contributed by atoms with Crippen molar-refractivity contribution in [2.45, 2.75) is 18.5 Å². The Morgan fingerprint density at radius 1 is 1.13 bits per heavy atom. The highest BCUT2D eigenvalue weighted by Crippen LogP contribution is 2.38. The number of nitro groups is 1. The van der Waals surface area contributed by atoms with Crippen LogP contribution in [0.1, 0.15) is 21.8 Å². The third kappa shape index (κ3) is 3.17. The minimum atomic E-state index is -1.24. The number of hydrogen-bond acceptors (Lipinski definition) is 7. The lowest BCUT2D eigenvalue weighted by Gasteiger charge is -2.26. The van der Waals surface area contributed by atoms with Crippen molar-refractivity contribution >= 4 is 11.7 Å². The number of carbonyl (C=O) groups is 1. The Labute approximate surface area is 130 Å². The molecule has 0 aliphatic carbocycles. The lowest BCUT2D eigenvalue weighted by molar-refractivity contribution is -0.386. The third-order valence-electron chi connectivity index (χ3n) is 3.71. The zero-order chi connectivity index (χ0) is 16.4. The van der Waals surface area contributed by atoms with E-state index in [1.54, 1.807) is 0 Å². The predicted molar refractivity (Wildman–Crippen MR) is 74.2 cm³/mol. The average molecular weight is 325 g/mol. The van der Waals surface area contributed by atoms with Gasteiger partial charge < -0.3 is 24.1 Å². The lowest BCUT2D eigenvalue weighted by Crippen LogP contribution is -2.32. The molecule has 1 aromatic rings. The molecule has 0 radical (unpaired) electrons. The normalized spacial score (nSPS) is 19.5. The van der Waals surface area contributed by atoms with Gasteiger partial charge in [0, 0.05) is 11.6 Å². The zero-order valence-electron chi connectivity index (χ0n) is 12.0. The average Bonchev–Trinajstić information content (AvgIpc) is 3.21. The fourth-order valence-electron chi connectivity index (χ4n) is 2.71. The zero-order valence-corrected chi connectivity index (χ0v) is 12.0. The molecule has 2 heterocycles. The quantitative estimate of drug-likeness (QED) is 0.632. The molecular formula is C14H15NO8. The number of rotatable bonds is 5. The summed E-state index contributed by atoms with van der Waals surface area (Å²) >= 11 is 0. The van der Waals surface area contributed by atoms with E-state index in [1.165, 1.54) is 12.1 Å². The lowest BCUT2D eigenvalue weighted by atomic mass is 9.94. The van der Waals surface area contributed by atoms with Crippen LogP contribution in [0.3, 0.4) is 0 Å². The minimum Gasteiger partial charge on any atom is -0.478 e. The first kappa shape index (κ1) is 15.8. The number of carboxylic acids is 1. The highest BCUT2D eigenvalue weighted by molar-refractivity contribution is 5.88. The van der Waals surface area contributed by atoms with Gasteiger partial charge in [-0.2, -0.15) is 0 Å². The fourth-order valence-corrected chi connectivity index (χ4v) is 2.71. The number of ether oxygens (including phenoxy) is 4. The van der Waals surface area contributed by atoms with Crippen molar-refractivity contribution in [2.75, 3.05) is 26.4 Å². The molecule has 0 aromatic heterocycles. The van der Waals surface area contributed by atoms with Gasteiger partial charge in [0.1, 0.15) is 0 Å². The summed E-state index contributed by atoms with van der Waals surface area (Å²) in [7, 11) is 0. The second-order valence-electron chi connectivity index (χ2n) is 5.08. The van der Waals surface area contributed by atoms with Crippen LogP contribution in [0, 0.1) is 10.1 Å². The van der Waals surface area contributed by atoms with Crippen molar-refractivity contribution in [3.8, 4) is 0 Å². The van der Waals surface area contributed by atoms with Gasteiger partial charge >= 0.3 is 5.97 Å². The molecular weight excluding hydrogens is 310 g/mol. The van der Waals surface area contributed by atoms with E-state index in [1.807, 2.05) is 0 Å². The van der Waals surface area contributed by atoms with Crippen LogP contribution in [-0.2, 0) is 18.9 Å². The molecule has 0 unspecified atom stereocenters. The second-order valence-corrected chi connectivity index (χ2v) is 5.08. The van der Waals surface area contributed by atoms with E-state index in [-0.39, 0.29) is 16.8 Å². The van der Waals surface area contributed by atoms with Gasteiger partial charge in [0.05, 0.1) is 42.8 Å². The molecule has 9 heteroatoms. The summed E-state index contributed by atoms with van der Waals surface area (Å²) in [6.45, 7) is 1.48. The van der Waals surface area contributed by atoms with Crippen molar-refractivity contribution in [3.05, 3.63) is 39.4 Å². The van der Waals surface area contributed by atoms with Crippen LogP contribution in [0.15, 0.2) is 18.2 Å². The number of aromatic carboxylic acids is 1. The van der Waals surface area contributed by atoms with Crippen LogP contribution in [0.5, 0.6) is 0 Å². The third-order valence-corrected chi connectivity index (χ3v) is 3.71. The first-order chi connectivity index (χ1) is 11.1. The Morgan fingerprint density at radius 3 is 2.09 bits per heavy atom. The Morgan fingerprint density at radius 2 is 1.65 bits per heavy atom. The van der Waals surface area contributed by atoms with Crippen LogP contribution in [0.2, 0.25) is 0 Å². The summed E-state index contributed by atoms with van der Waals surface area (Å²) in [5.74, 6) is -1.92. The molecule has 0 spiro atoms. The number of nitrogens with zero attached hydrogens (tertiary/aromatic N) is 1. The highest BCUT2D eigenvalue weighted by atomic mass is 16.7. The first-order valence-electron chi connectivity index (χ1n) is 7.06. The van der Waals surface area contributed by atoms with Crippen molar-refractivity contribution in [3.63, 3.8) is 0 Å². The number of benzene rings is 1. The smallest absolute Gasteiger partial charge is 0.335 e. The van der Waals surface area contributed by atoms with E-state index in [4.69, 9.17) is 24.1 Å². The minimum absolute atomic E-state index is 0.166. The molecule has 0 saturated carbocycles. The first-order valence-corrected chi connectivity index (χ1v) is 7.06. The van der Waals surface area contributed by atoms with Gasteiger partial charge in [-0.25, -0.2) is 4.79 Å². The highest BCUT2D eigenvalue weighted by Gasteiger charge is 2.41. The van der Waals surface area contributed by atoms with Gasteiger partial charge in [-0.1, -0.05) is 6.07 Å². The molecule has 0 bridgehead atoms. The molecule has 2 fully saturated rings. The monoisotopic (exact) mass is 325 g/mol. The molecule has 3 rings (SSSR count). The summed E-state index contributed by atoms with van der Waals surface area (Å²) in [5.41, 5.74) is -0.229. The maximum absolute atomic E-state index is 11.4. The molecule has 124 valence electrons. The summed E-state index contributed by atoms with van der Waals surface area (Å²) in [6, 6.07) is 3.72. The molecule has 2 saturated heterocycles. The van der Waals surface area contributed by atoms with Crippen LogP contribution < -0.4 is 0 Å². The van der Waals surface area contributed by atoms with Gasteiger partial charge in [0.2, 0.25) is 0 Å². The number of nitro benzene ring substituents is 1. The van der Waals surface area contributed by atoms with E-state index >= 15 is 0 Å². The van der Waals surface area contributed by atoms with Crippen LogP contribution >= 0.6 is 0 Å². The summed E-state index contributed by atoms with van der Waals surface area (Å²) in [4.78, 5) is 21.8. The van der Waals surface area contributed by atoms with Crippen molar-refractivity contribution in [1.29, 1.82) is 0 Å². The summed E-state index contributed by atoms with van der Waals surface area (Å²) in [6.07, 6.45) is -1.49. The van der Waals surface area contributed by atoms with Crippen LogP contribution in [-0.4, -0.2) is 55.0 Å². The van der Waals surface area contributed by atoms with E-state index in [9.17, 15) is 14.9 Å². The molecule has 0 amide bonds. The topological polar surface area (TPSA) is 117 Å².